The number of likely N-dealkylation sites (tertiary alicyclic amines) is 1. The summed E-state index contributed by atoms with van der Waals surface area (Å²) in [6.45, 7) is 1.70. The van der Waals surface area contributed by atoms with Crippen molar-refractivity contribution >= 4 is 29.1 Å². The summed E-state index contributed by atoms with van der Waals surface area (Å²) < 4.78 is 5.86. The highest BCUT2D eigenvalue weighted by molar-refractivity contribution is 6.31. The molecule has 0 aliphatic carbocycles. The van der Waals surface area contributed by atoms with E-state index in [0.717, 1.165) is 24.3 Å². The van der Waals surface area contributed by atoms with Gasteiger partial charge in [0.05, 0.1) is 24.7 Å². The summed E-state index contributed by atoms with van der Waals surface area (Å²) in [5, 5.41) is 3.38. The van der Waals surface area contributed by atoms with Crippen LogP contribution in [-0.2, 0) is 9.59 Å². The number of ether oxygens (including phenoxy) is 1. The number of nitrogens with two attached hydrogens (primary N) is 1. The quantitative estimate of drug-likeness (QED) is 0.706. The minimum atomic E-state index is -0.291. The van der Waals surface area contributed by atoms with Gasteiger partial charge in [0, 0.05) is 5.02 Å². The van der Waals surface area contributed by atoms with Gasteiger partial charge < -0.3 is 20.7 Å². The largest absolute Gasteiger partial charge is 0.455 e. The second-order valence-corrected chi connectivity index (χ2v) is 7.16. The molecule has 0 bridgehead atoms. The van der Waals surface area contributed by atoms with Crippen molar-refractivity contribution in [3.63, 3.8) is 0 Å². The van der Waals surface area contributed by atoms with Crippen LogP contribution in [0.2, 0.25) is 5.02 Å². The number of anilines is 1. The zero-order chi connectivity index (χ0) is 19.2. The minimum Gasteiger partial charge on any atom is -0.455 e. The molecule has 3 rings (SSSR count). The van der Waals surface area contributed by atoms with Gasteiger partial charge in [-0.25, -0.2) is 0 Å². The van der Waals surface area contributed by atoms with Crippen LogP contribution in [0.15, 0.2) is 48.5 Å². The molecule has 2 aromatic rings. The van der Waals surface area contributed by atoms with Crippen molar-refractivity contribution < 1.29 is 19.2 Å². The fourth-order valence-electron chi connectivity index (χ4n) is 3.28. The number of halogens is 1. The second-order valence-electron chi connectivity index (χ2n) is 6.73. The second kappa shape index (κ2) is 8.88. The number of hydrogen-bond acceptors (Lipinski definition) is 3. The number of quaternary nitrogens is 1. The van der Waals surface area contributed by atoms with E-state index in [1.54, 1.807) is 18.2 Å². The van der Waals surface area contributed by atoms with Crippen LogP contribution < -0.4 is 20.7 Å². The highest BCUT2D eigenvalue weighted by atomic mass is 35.5. The van der Waals surface area contributed by atoms with E-state index >= 15 is 0 Å². The van der Waals surface area contributed by atoms with Gasteiger partial charge in [-0.15, -0.1) is 0 Å². The Kier molecular flexibility index (Phi) is 6.32. The first-order valence-electron chi connectivity index (χ1n) is 8.96. The van der Waals surface area contributed by atoms with Gasteiger partial charge >= 0.3 is 0 Å². The van der Waals surface area contributed by atoms with E-state index < -0.39 is 0 Å². The lowest BCUT2D eigenvalue weighted by Gasteiger charge is -2.27. The van der Waals surface area contributed by atoms with Gasteiger partial charge in [0.25, 0.3) is 5.91 Å². The lowest BCUT2D eigenvalue weighted by molar-refractivity contribution is -0.899. The van der Waals surface area contributed by atoms with E-state index in [0.29, 0.717) is 28.8 Å². The van der Waals surface area contributed by atoms with E-state index in [4.69, 9.17) is 22.1 Å². The van der Waals surface area contributed by atoms with Crippen molar-refractivity contribution in [1.82, 2.24) is 0 Å². The van der Waals surface area contributed by atoms with Crippen LogP contribution in [0.25, 0.3) is 0 Å². The third-order valence-electron chi connectivity index (χ3n) is 4.62. The van der Waals surface area contributed by atoms with Gasteiger partial charge in [-0.2, -0.15) is 0 Å². The van der Waals surface area contributed by atoms with Crippen LogP contribution in [0.1, 0.15) is 12.8 Å². The van der Waals surface area contributed by atoms with Gasteiger partial charge in [-0.05, 0) is 43.2 Å². The normalized spacial score (nSPS) is 19.3. The van der Waals surface area contributed by atoms with Crippen LogP contribution in [0.3, 0.4) is 0 Å². The first-order chi connectivity index (χ1) is 13.0. The monoisotopic (exact) mass is 388 g/mol. The summed E-state index contributed by atoms with van der Waals surface area (Å²) in [5.41, 5.74) is 5.92. The van der Waals surface area contributed by atoms with E-state index in [-0.39, 0.29) is 24.3 Å². The molecule has 6 nitrogen and oxygen atoms in total. The van der Waals surface area contributed by atoms with Crippen molar-refractivity contribution in [3.8, 4) is 11.5 Å². The summed E-state index contributed by atoms with van der Waals surface area (Å²) >= 11 is 6.09. The number of hydrogen-bond donors (Lipinski definition) is 3. The Bertz CT molecular complexity index is 813. The molecule has 1 aliphatic heterocycles. The molecular weight excluding hydrogens is 366 g/mol. The van der Waals surface area contributed by atoms with Gasteiger partial charge in [0.15, 0.2) is 12.3 Å². The number of benzene rings is 2. The molecule has 0 aromatic heterocycles. The molecule has 2 aromatic carbocycles. The number of primary amides is 1. The van der Waals surface area contributed by atoms with E-state index in [9.17, 15) is 9.59 Å². The maximum atomic E-state index is 12.5. The van der Waals surface area contributed by atoms with Crippen molar-refractivity contribution in [2.75, 3.05) is 25.0 Å². The summed E-state index contributed by atoms with van der Waals surface area (Å²) in [7, 11) is 0. The third kappa shape index (κ3) is 5.45. The smallest absolute Gasteiger partial charge is 0.279 e. The number of rotatable bonds is 6. The van der Waals surface area contributed by atoms with Crippen molar-refractivity contribution in [2.45, 2.75) is 12.8 Å². The molecule has 0 spiro atoms. The zero-order valence-electron chi connectivity index (χ0n) is 14.9. The SMILES string of the molecule is NC(=O)[C@@H]1CCC[NH+](CC(=O)Nc2cc(Cl)ccc2Oc2ccccc2)C1. The Morgan fingerprint density at radius 2 is 2.00 bits per heavy atom. The summed E-state index contributed by atoms with van der Waals surface area (Å²) in [6, 6.07) is 14.4. The van der Waals surface area contributed by atoms with Gasteiger partial charge in [-0.1, -0.05) is 29.8 Å². The molecule has 2 amide bonds. The van der Waals surface area contributed by atoms with Crippen molar-refractivity contribution in [1.29, 1.82) is 0 Å². The molecule has 1 fully saturated rings. The first kappa shape index (κ1) is 19.2. The molecule has 27 heavy (non-hydrogen) atoms. The lowest BCUT2D eigenvalue weighted by Crippen LogP contribution is -3.14. The van der Waals surface area contributed by atoms with Crippen LogP contribution in [-0.4, -0.2) is 31.4 Å². The number of piperidine rings is 1. The average Bonchev–Trinajstić information content (AvgIpc) is 2.65. The van der Waals surface area contributed by atoms with Gasteiger partial charge in [-0.3, -0.25) is 9.59 Å². The Morgan fingerprint density at radius 3 is 2.74 bits per heavy atom. The van der Waals surface area contributed by atoms with Crippen LogP contribution in [0.5, 0.6) is 11.5 Å². The highest BCUT2D eigenvalue weighted by Gasteiger charge is 2.28. The molecule has 1 heterocycles. The fourth-order valence-corrected chi connectivity index (χ4v) is 3.45. The first-order valence-corrected chi connectivity index (χ1v) is 9.34. The Morgan fingerprint density at radius 1 is 1.22 bits per heavy atom. The molecule has 1 unspecified atom stereocenters. The molecular formula is C20H23ClN3O3+. The Balaban J connectivity index is 1.66. The zero-order valence-corrected chi connectivity index (χ0v) is 15.7. The number of amides is 2. The number of carbonyl (C=O) groups is 2. The number of para-hydroxylation sites is 1. The summed E-state index contributed by atoms with van der Waals surface area (Å²) in [5.74, 6) is 0.574. The van der Waals surface area contributed by atoms with Crippen molar-refractivity contribution in [2.24, 2.45) is 11.7 Å². The Labute approximate surface area is 163 Å². The minimum absolute atomic E-state index is 0.157. The standard InChI is InChI=1S/C20H22ClN3O3/c21-15-8-9-18(27-16-6-2-1-3-7-16)17(11-15)23-19(25)13-24-10-4-5-14(12-24)20(22)26/h1-3,6-9,11,14H,4-5,10,12-13H2,(H2,22,26)(H,23,25)/p+1/t14-/m1/s1. The lowest BCUT2D eigenvalue weighted by atomic mass is 9.97. The fraction of sp³-hybridized carbons (Fsp3) is 0.300. The summed E-state index contributed by atoms with van der Waals surface area (Å²) in [4.78, 5) is 25.0. The van der Waals surface area contributed by atoms with Crippen LogP contribution in [0.4, 0.5) is 5.69 Å². The molecule has 0 saturated carbocycles. The van der Waals surface area contributed by atoms with E-state index in [1.807, 2.05) is 30.3 Å². The highest BCUT2D eigenvalue weighted by Crippen LogP contribution is 2.31. The van der Waals surface area contributed by atoms with Gasteiger partial charge in [0.1, 0.15) is 5.75 Å². The van der Waals surface area contributed by atoms with Crippen LogP contribution >= 0.6 is 11.6 Å². The molecule has 0 radical (unpaired) electrons. The maximum absolute atomic E-state index is 12.5. The Hall–Kier alpha value is -2.57. The predicted molar refractivity (Wildman–Crippen MR) is 104 cm³/mol. The third-order valence-corrected chi connectivity index (χ3v) is 4.85. The topological polar surface area (TPSA) is 85.9 Å². The number of nitrogens with one attached hydrogen (secondary N) is 2. The molecule has 142 valence electrons. The molecule has 1 saturated heterocycles. The van der Waals surface area contributed by atoms with Crippen LogP contribution in [0, 0.1) is 5.92 Å². The predicted octanol–water partition coefficient (Wildman–Crippen LogP) is 1.85. The molecule has 2 atom stereocenters. The van der Waals surface area contributed by atoms with Crippen molar-refractivity contribution in [3.05, 3.63) is 53.6 Å². The van der Waals surface area contributed by atoms with E-state index in [2.05, 4.69) is 5.32 Å². The molecule has 4 N–H and O–H groups in total. The molecule has 1 aliphatic rings. The maximum Gasteiger partial charge on any atom is 0.279 e. The average molecular weight is 389 g/mol. The van der Waals surface area contributed by atoms with Gasteiger partial charge in [0.2, 0.25) is 5.91 Å². The molecule has 7 heteroatoms. The summed E-state index contributed by atoms with van der Waals surface area (Å²) in [6.07, 6.45) is 1.68. The number of carbonyl (C=O) groups excluding carboxylic acids is 2. The van der Waals surface area contributed by atoms with E-state index in [1.165, 1.54) is 0 Å².